The fraction of sp³-hybridized carbons (Fsp3) is 0.125. The van der Waals surface area contributed by atoms with Crippen molar-refractivity contribution < 1.29 is 31.9 Å². The summed E-state index contributed by atoms with van der Waals surface area (Å²) < 4.78 is 56.6. The third-order valence-electron chi connectivity index (χ3n) is 2.92. The molecule has 2 aromatic carbocycles. The Labute approximate surface area is 134 Å². The molecule has 1 amide bonds. The molecule has 0 aromatic heterocycles. The highest BCUT2D eigenvalue weighted by Crippen LogP contribution is 2.10. The van der Waals surface area contributed by atoms with Crippen molar-refractivity contribution in [2.45, 2.75) is 6.54 Å². The Kier molecular flexibility index (Phi) is 5.51. The zero-order valence-electron chi connectivity index (χ0n) is 12.1. The lowest BCUT2D eigenvalue weighted by Crippen LogP contribution is -2.28. The maximum atomic E-state index is 13.4. The average Bonchev–Trinajstić information content (AvgIpc) is 2.50. The highest BCUT2D eigenvalue weighted by atomic mass is 19.1. The van der Waals surface area contributed by atoms with Crippen molar-refractivity contribution in [1.29, 1.82) is 0 Å². The summed E-state index contributed by atoms with van der Waals surface area (Å²) in [7, 11) is 0. The summed E-state index contributed by atoms with van der Waals surface area (Å²) in [5.41, 5.74) is -0.340. The Morgan fingerprint density at radius 1 is 0.917 bits per heavy atom. The number of hydrogen-bond donors (Lipinski definition) is 1. The number of esters is 1. The number of carbonyl (C=O) groups excluding carboxylic acids is 2. The highest BCUT2D eigenvalue weighted by Gasteiger charge is 2.13. The second kappa shape index (κ2) is 7.58. The Balaban J connectivity index is 1.85. The molecule has 4 nitrogen and oxygen atoms in total. The Morgan fingerprint density at radius 3 is 2.21 bits per heavy atom. The summed E-state index contributed by atoms with van der Waals surface area (Å²) in [5, 5.41) is 2.26. The molecular weight excluding hydrogens is 330 g/mol. The van der Waals surface area contributed by atoms with Crippen LogP contribution in [0.1, 0.15) is 15.9 Å². The van der Waals surface area contributed by atoms with Crippen LogP contribution in [0.15, 0.2) is 36.4 Å². The molecule has 8 heteroatoms. The van der Waals surface area contributed by atoms with Crippen LogP contribution in [0.2, 0.25) is 0 Å². The molecule has 0 saturated heterocycles. The van der Waals surface area contributed by atoms with Crippen molar-refractivity contribution in [3.8, 4) is 0 Å². The van der Waals surface area contributed by atoms with E-state index in [0.717, 1.165) is 24.3 Å². The van der Waals surface area contributed by atoms with Gasteiger partial charge in [-0.15, -0.1) is 0 Å². The molecule has 0 aliphatic rings. The maximum Gasteiger partial charge on any atom is 0.338 e. The zero-order valence-corrected chi connectivity index (χ0v) is 12.1. The summed E-state index contributed by atoms with van der Waals surface area (Å²) in [6.45, 7) is -0.961. The highest BCUT2D eigenvalue weighted by molar-refractivity contribution is 5.91. The summed E-state index contributed by atoms with van der Waals surface area (Å²) in [6.07, 6.45) is 0. The van der Waals surface area contributed by atoms with Crippen LogP contribution in [0.5, 0.6) is 0 Å². The monoisotopic (exact) mass is 341 g/mol. The van der Waals surface area contributed by atoms with Gasteiger partial charge in [0.1, 0.15) is 23.3 Å². The lowest BCUT2D eigenvalue weighted by atomic mass is 10.2. The summed E-state index contributed by atoms with van der Waals surface area (Å²) >= 11 is 0. The molecule has 0 saturated carbocycles. The predicted octanol–water partition coefficient (Wildman–Crippen LogP) is 2.72. The van der Waals surface area contributed by atoms with Crippen molar-refractivity contribution >= 4 is 11.9 Å². The van der Waals surface area contributed by atoms with E-state index in [0.29, 0.717) is 12.1 Å². The van der Waals surface area contributed by atoms with E-state index in [1.165, 1.54) is 0 Å². The number of hydrogen-bond acceptors (Lipinski definition) is 3. The number of amides is 1. The lowest BCUT2D eigenvalue weighted by Gasteiger charge is -2.08. The lowest BCUT2D eigenvalue weighted by molar-refractivity contribution is -0.124. The van der Waals surface area contributed by atoms with Gasteiger partial charge in [-0.2, -0.15) is 0 Å². The molecule has 0 atom stereocenters. The van der Waals surface area contributed by atoms with Crippen LogP contribution < -0.4 is 5.32 Å². The molecule has 0 radical (unpaired) electrons. The smallest absolute Gasteiger partial charge is 0.338 e. The van der Waals surface area contributed by atoms with Crippen molar-refractivity contribution in [3.05, 3.63) is 70.8 Å². The normalized spacial score (nSPS) is 10.3. The largest absolute Gasteiger partial charge is 0.452 e. The van der Waals surface area contributed by atoms with Crippen LogP contribution in [0.25, 0.3) is 0 Å². The van der Waals surface area contributed by atoms with Gasteiger partial charge in [0.05, 0.1) is 5.56 Å². The fourth-order valence-corrected chi connectivity index (χ4v) is 1.80. The summed E-state index contributed by atoms with van der Waals surface area (Å²) in [4.78, 5) is 23.1. The topological polar surface area (TPSA) is 55.4 Å². The van der Waals surface area contributed by atoms with Gasteiger partial charge in [0, 0.05) is 24.2 Å². The molecule has 0 unspecified atom stereocenters. The minimum atomic E-state index is -1.09. The molecule has 0 fully saturated rings. The van der Waals surface area contributed by atoms with Crippen molar-refractivity contribution in [3.63, 3.8) is 0 Å². The van der Waals surface area contributed by atoms with Crippen LogP contribution in [-0.4, -0.2) is 18.5 Å². The maximum absolute atomic E-state index is 13.4. The number of benzene rings is 2. The molecule has 126 valence electrons. The minimum absolute atomic E-state index is 0.0447. The van der Waals surface area contributed by atoms with Gasteiger partial charge in [0.15, 0.2) is 6.61 Å². The third kappa shape index (κ3) is 4.80. The fourth-order valence-electron chi connectivity index (χ4n) is 1.80. The first-order valence-corrected chi connectivity index (χ1v) is 6.69. The molecular formula is C16H11F4NO3. The number of rotatable bonds is 5. The standard InChI is InChI=1S/C16H11F4NO3/c17-11-2-1-9(14(20)6-11)7-21-15(22)8-24-16(23)10-3-12(18)5-13(19)4-10/h1-6H,7-8H2,(H,21,22). The molecule has 0 heterocycles. The molecule has 0 aliphatic carbocycles. The van der Waals surface area contributed by atoms with Gasteiger partial charge in [-0.3, -0.25) is 4.79 Å². The van der Waals surface area contributed by atoms with E-state index in [9.17, 15) is 27.2 Å². The molecule has 24 heavy (non-hydrogen) atoms. The van der Waals surface area contributed by atoms with E-state index in [2.05, 4.69) is 10.1 Å². The van der Waals surface area contributed by atoms with Crippen molar-refractivity contribution in [1.82, 2.24) is 5.32 Å². The molecule has 2 rings (SSSR count). The van der Waals surface area contributed by atoms with Crippen LogP contribution in [-0.2, 0) is 16.1 Å². The third-order valence-corrected chi connectivity index (χ3v) is 2.92. The van der Waals surface area contributed by atoms with Crippen LogP contribution >= 0.6 is 0 Å². The molecule has 0 aliphatic heterocycles. The van der Waals surface area contributed by atoms with E-state index in [-0.39, 0.29) is 17.7 Å². The summed E-state index contributed by atoms with van der Waals surface area (Å²) in [5.74, 6) is -5.35. The second-order valence-electron chi connectivity index (χ2n) is 4.75. The number of halogens is 4. The first-order chi connectivity index (χ1) is 11.3. The molecule has 1 N–H and O–H groups in total. The molecule has 2 aromatic rings. The first-order valence-electron chi connectivity index (χ1n) is 6.69. The Morgan fingerprint density at radius 2 is 1.58 bits per heavy atom. The first kappa shape index (κ1) is 17.5. The van der Waals surface area contributed by atoms with Gasteiger partial charge in [0.25, 0.3) is 5.91 Å². The minimum Gasteiger partial charge on any atom is -0.452 e. The van der Waals surface area contributed by atoms with E-state index in [1.807, 2.05) is 0 Å². The van der Waals surface area contributed by atoms with E-state index in [1.54, 1.807) is 0 Å². The Hall–Kier alpha value is -2.90. The van der Waals surface area contributed by atoms with Crippen LogP contribution in [0.4, 0.5) is 17.6 Å². The zero-order chi connectivity index (χ0) is 17.7. The molecule has 0 spiro atoms. The second-order valence-corrected chi connectivity index (χ2v) is 4.75. The quantitative estimate of drug-likeness (QED) is 0.672. The predicted molar refractivity (Wildman–Crippen MR) is 74.8 cm³/mol. The van der Waals surface area contributed by atoms with Gasteiger partial charge in [0.2, 0.25) is 0 Å². The van der Waals surface area contributed by atoms with Gasteiger partial charge in [-0.05, 0) is 18.2 Å². The van der Waals surface area contributed by atoms with Crippen molar-refractivity contribution in [2.75, 3.05) is 6.61 Å². The number of carbonyl (C=O) groups is 2. The Bertz CT molecular complexity index is 760. The van der Waals surface area contributed by atoms with Crippen molar-refractivity contribution in [2.24, 2.45) is 0 Å². The van der Waals surface area contributed by atoms with E-state index in [4.69, 9.17) is 0 Å². The van der Waals surface area contributed by atoms with E-state index >= 15 is 0 Å². The van der Waals surface area contributed by atoms with Crippen LogP contribution in [0.3, 0.4) is 0 Å². The van der Waals surface area contributed by atoms with Crippen LogP contribution in [0, 0.1) is 23.3 Å². The van der Waals surface area contributed by atoms with Gasteiger partial charge < -0.3 is 10.1 Å². The molecule has 0 bridgehead atoms. The SMILES string of the molecule is O=C(COC(=O)c1cc(F)cc(F)c1)NCc1ccc(F)cc1F. The van der Waals surface area contributed by atoms with Gasteiger partial charge >= 0.3 is 5.97 Å². The van der Waals surface area contributed by atoms with E-state index < -0.39 is 41.8 Å². The van der Waals surface area contributed by atoms with Gasteiger partial charge in [-0.25, -0.2) is 22.4 Å². The number of ether oxygens (including phenoxy) is 1. The summed E-state index contributed by atoms with van der Waals surface area (Å²) in [6, 6.07) is 4.96. The van der Waals surface area contributed by atoms with Gasteiger partial charge in [-0.1, -0.05) is 6.07 Å². The number of nitrogens with one attached hydrogen (secondary N) is 1. The average molecular weight is 341 g/mol.